The Morgan fingerprint density at radius 1 is 1.50 bits per heavy atom. The van der Waals surface area contributed by atoms with Crippen LogP contribution in [-0.2, 0) is 17.8 Å². The molecule has 3 N–H and O–H groups in total. The molecule has 0 heterocycles. The maximum absolute atomic E-state index is 9.59. The Morgan fingerprint density at radius 2 is 2.21 bits per heavy atom. The molecule has 78 valence electrons. The van der Waals surface area contributed by atoms with Gasteiger partial charge in [0.2, 0.25) is 0 Å². The molecular weight excluding hydrogens is 202 g/mol. The average Bonchev–Trinajstić information content (AvgIpc) is 2.14. The van der Waals surface area contributed by atoms with Crippen LogP contribution in [0.2, 0.25) is 5.02 Å². The first-order valence-corrected chi connectivity index (χ1v) is 4.76. The van der Waals surface area contributed by atoms with E-state index in [4.69, 9.17) is 22.1 Å². The minimum absolute atomic E-state index is 0.122. The Hall–Kier alpha value is -0.770. The number of hydrogen-bond acceptors (Lipinski definition) is 3. The van der Waals surface area contributed by atoms with Crippen molar-refractivity contribution in [2.24, 2.45) is 5.73 Å². The summed E-state index contributed by atoms with van der Waals surface area (Å²) in [5, 5.41) is 9.94. The predicted molar refractivity (Wildman–Crippen MR) is 56.6 cm³/mol. The lowest BCUT2D eigenvalue weighted by atomic mass is 10.1. The average molecular weight is 216 g/mol. The van der Waals surface area contributed by atoms with Crippen LogP contribution < -0.4 is 5.73 Å². The van der Waals surface area contributed by atoms with Gasteiger partial charge in [0.1, 0.15) is 5.75 Å². The number of methoxy groups -OCH3 is 1. The molecule has 0 aliphatic heterocycles. The first kappa shape index (κ1) is 11.3. The molecular formula is C10H14ClNO2. The minimum atomic E-state index is 0.122. The molecule has 0 radical (unpaired) electrons. The molecule has 1 aromatic rings. The van der Waals surface area contributed by atoms with Gasteiger partial charge in [-0.1, -0.05) is 11.6 Å². The fourth-order valence-electron chi connectivity index (χ4n) is 1.31. The van der Waals surface area contributed by atoms with Gasteiger partial charge in [0.25, 0.3) is 0 Å². The van der Waals surface area contributed by atoms with Crippen molar-refractivity contribution in [2.75, 3.05) is 13.7 Å². The van der Waals surface area contributed by atoms with Crippen molar-refractivity contribution < 1.29 is 9.84 Å². The molecule has 0 saturated heterocycles. The highest BCUT2D eigenvalue weighted by molar-refractivity contribution is 6.32. The Kier molecular flexibility index (Phi) is 4.20. The summed E-state index contributed by atoms with van der Waals surface area (Å²) >= 11 is 5.84. The molecule has 0 fully saturated rings. The number of benzene rings is 1. The van der Waals surface area contributed by atoms with Crippen molar-refractivity contribution in [3.05, 3.63) is 28.3 Å². The Bertz CT molecular complexity index is 315. The summed E-state index contributed by atoms with van der Waals surface area (Å²) in [6.07, 6.45) is 0.614. The van der Waals surface area contributed by atoms with E-state index in [9.17, 15) is 5.11 Å². The highest BCUT2D eigenvalue weighted by Gasteiger charge is 2.07. The standard InChI is InChI=1S/C10H14ClNO2/c1-14-6-7-4-8(2-3-12)10(13)9(11)5-7/h4-5,13H,2-3,6,12H2,1H3. The fraction of sp³-hybridized carbons (Fsp3) is 0.400. The van der Waals surface area contributed by atoms with Gasteiger partial charge in [-0.2, -0.15) is 0 Å². The molecule has 1 aromatic carbocycles. The SMILES string of the molecule is COCc1cc(Cl)c(O)c(CCN)c1. The number of aromatic hydroxyl groups is 1. The number of phenols is 1. The summed E-state index contributed by atoms with van der Waals surface area (Å²) in [5.41, 5.74) is 7.13. The van der Waals surface area contributed by atoms with Crippen molar-refractivity contribution in [1.82, 2.24) is 0 Å². The van der Waals surface area contributed by atoms with E-state index in [2.05, 4.69) is 0 Å². The Morgan fingerprint density at radius 3 is 2.79 bits per heavy atom. The third kappa shape index (κ3) is 2.61. The quantitative estimate of drug-likeness (QED) is 0.804. The lowest BCUT2D eigenvalue weighted by Crippen LogP contribution is -2.03. The number of halogens is 1. The van der Waals surface area contributed by atoms with Crippen LogP contribution in [0.5, 0.6) is 5.75 Å². The van der Waals surface area contributed by atoms with Crippen LogP contribution in [0, 0.1) is 0 Å². The normalized spacial score (nSPS) is 10.5. The third-order valence-electron chi connectivity index (χ3n) is 1.93. The summed E-state index contributed by atoms with van der Waals surface area (Å²) in [6, 6.07) is 3.55. The van der Waals surface area contributed by atoms with E-state index in [0.29, 0.717) is 24.6 Å². The second kappa shape index (κ2) is 5.20. The van der Waals surface area contributed by atoms with Crippen LogP contribution in [0.4, 0.5) is 0 Å². The monoisotopic (exact) mass is 215 g/mol. The fourth-order valence-corrected chi connectivity index (χ4v) is 1.58. The molecule has 0 unspecified atom stereocenters. The van der Waals surface area contributed by atoms with Crippen LogP contribution >= 0.6 is 11.6 Å². The van der Waals surface area contributed by atoms with Crippen molar-refractivity contribution in [3.63, 3.8) is 0 Å². The summed E-state index contributed by atoms with van der Waals surface area (Å²) in [5.74, 6) is 0.122. The molecule has 0 aliphatic carbocycles. The van der Waals surface area contributed by atoms with E-state index >= 15 is 0 Å². The lowest BCUT2D eigenvalue weighted by molar-refractivity contribution is 0.185. The zero-order valence-electron chi connectivity index (χ0n) is 8.09. The first-order chi connectivity index (χ1) is 6.69. The topological polar surface area (TPSA) is 55.5 Å². The molecule has 0 spiro atoms. The number of phenolic OH excluding ortho intramolecular Hbond substituents is 1. The van der Waals surface area contributed by atoms with Gasteiger partial charge in [-0.15, -0.1) is 0 Å². The Labute approximate surface area is 88.4 Å². The molecule has 1 rings (SSSR count). The van der Waals surface area contributed by atoms with Crippen LogP contribution in [0.25, 0.3) is 0 Å². The van der Waals surface area contributed by atoms with Gasteiger partial charge >= 0.3 is 0 Å². The van der Waals surface area contributed by atoms with Crippen molar-refractivity contribution in [3.8, 4) is 5.75 Å². The number of nitrogens with two attached hydrogens (primary N) is 1. The van der Waals surface area contributed by atoms with Crippen molar-refractivity contribution in [1.29, 1.82) is 0 Å². The van der Waals surface area contributed by atoms with Crippen LogP contribution in [0.3, 0.4) is 0 Å². The smallest absolute Gasteiger partial charge is 0.137 e. The van der Waals surface area contributed by atoms with Gasteiger partial charge in [0.05, 0.1) is 11.6 Å². The van der Waals surface area contributed by atoms with E-state index < -0.39 is 0 Å². The van der Waals surface area contributed by atoms with Crippen LogP contribution in [-0.4, -0.2) is 18.8 Å². The maximum Gasteiger partial charge on any atom is 0.137 e. The van der Waals surface area contributed by atoms with E-state index in [1.165, 1.54) is 0 Å². The summed E-state index contributed by atoms with van der Waals surface area (Å²) < 4.78 is 4.98. The molecule has 0 atom stereocenters. The molecule has 0 aromatic heterocycles. The highest BCUT2D eigenvalue weighted by atomic mass is 35.5. The summed E-state index contributed by atoms with van der Waals surface area (Å²) in [7, 11) is 1.61. The predicted octanol–water partition coefficient (Wildman–Crippen LogP) is 1.69. The molecule has 0 aliphatic rings. The first-order valence-electron chi connectivity index (χ1n) is 4.38. The molecule has 4 heteroatoms. The molecule has 3 nitrogen and oxygen atoms in total. The minimum Gasteiger partial charge on any atom is -0.506 e. The van der Waals surface area contributed by atoms with Gasteiger partial charge in [-0.25, -0.2) is 0 Å². The zero-order chi connectivity index (χ0) is 10.6. The second-order valence-corrected chi connectivity index (χ2v) is 3.46. The Balaban J connectivity index is 3.01. The van der Waals surface area contributed by atoms with Gasteiger partial charge in [0, 0.05) is 7.11 Å². The van der Waals surface area contributed by atoms with E-state index in [0.717, 1.165) is 11.1 Å². The van der Waals surface area contributed by atoms with Gasteiger partial charge in [0.15, 0.2) is 0 Å². The maximum atomic E-state index is 9.59. The van der Waals surface area contributed by atoms with E-state index in [1.807, 2.05) is 6.07 Å². The molecule has 0 bridgehead atoms. The van der Waals surface area contributed by atoms with Crippen LogP contribution in [0.15, 0.2) is 12.1 Å². The number of hydrogen-bond donors (Lipinski definition) is 2. The van der Waals surface area contributed by atoms with Crippen molar-refractivity contribution in [2.45, 2.75) is 13.0 Å². The van der Waals surface area contributed by atoms with Gasteiger partial charge in [-0.05, 0) is 36.2 Å². The van der Waals surface area contributed by atoms with E-state index in [-0.39, 0.29) is 5.75 Å². The van der Waals surface area contributed by atoms with Gasteiger partial charge < -0.3 is 15.6 Å². The summed E-state index contributed by atoms with van der Waals surface area (Å²) in [4.78, 5) is 0. The van der Waals surface area contributed by atoms with Gasteiger partial charge in [-0.3, -0.25) is 0 Å². The number of rotatable bonds is 4. The largest absolute Gasteiger partial charge is 0.506 e. The lowest BCUT2D eigenvalue weighted by Gasteiger charge is -2.08. The van der Waals surface area contributed by atoms with E-state index in [1.54, 1.807) is 13.2 Å². The third-order valence-corrected chi connectivity index (χ3v) is 2.21. The van der Waals surface area contributed by atoms with Crippen LogP contribution in [0.1, 0.15) is 11.1 Å². The number of ether oxygens (including phenoxy) is 1. The van der Waals surface area contributed by atoms with Crippen molar-refractivity contribution >= 4 is 11.6 Å². The molecule has 0 saturated carbocycles. The molecule has 0 amide bonds. The highest BCUT2D eigenvalue weighted by Crippen LogP contribution is 2.29. The summed E-state index contributed by atoms with van der Waals surface area (Å²) in [6.45, 7) is 0.970. The molecule has 14 heavy (non-hydrogen) atoms. The zero-order valence-corrected chi connectivity index (χ0v) is 8.84. The second-order valence-electron chi connectivity index (χ2n) is 3.06.